The van der Waals surface area contributed by atoms with E-state index < -0.39 is 10.0 Å². The molecule has 20 heavy (non-hydrogen) atoms. The summed E-state index contributed by atoms with van der Waals surface area (Å²) in [5.41, 5.74) is 1.24. The monoisotopic (exact) mass is 295 g/mol. The molecule has 0 saturated heterocycles. The summed E-state index contributed by atoms with van der Waals surface area (Å²) in [6, 6.07) is 6.95. The Hall–Kier alpha value is -1.51. The van der Waals surface area contributed by atoms with E-state index in [1.807, 2.05) is 13.8 Å². The molecule has 2 N–H and O–H groups in total. The highest BCUT2D eigenvalue weighted by Crippen LogP contribution is 2.13. The average Bonchev–Trinajstić information content (AvgIpc) is 2.37. The summed E-state index contributed by atoms with van der Waals surface area (Å²) in [5.74, 6) is 6.15. The molecule has 0 unspecified atom stereocenters. The molecule has 1 rings (SSSR count). The topological polar surface area (TPSA) is 66.4 Å². The maximum absolute atomic E-state index is 11.9. The molecule has 0 aliphatic rings. The van der Waals surface area contributed by atoms with Gasteiger partial charge < -0.3 is 5.11 Å². The number of anilines is 1. The molecule has 0 atom stereocenters. The Morgan fingerprint density at radius 3 is 2.75 bits per heavy atom. The van der Waals surface area contributed by atoms with Gasteiger partial charge in [0.05, 0.1) is 12.4 Å². The van der Waals surface area contributed by atoms with Gasteiger partial charge in [-0.3, -0.25) is 4.72 Å². The fourth-order valence-electron chi connectivity index (χ4n) is 1.50. The molecule has 0 heterocycles. The largest absolute Gasteiger partial charge is 0.395 e. The fraction of sp³-hybridized carbons (Fsp3) is 0.467. The van der Waals surface area contributed by atoms with Gasteiger partial charge in [-0.25, -0.2) is 8.42 Å². The van der Waals surface area contributed by atoms with Gasteiger partial charge >= 0.3 is 0 Å². The second kappa shape index (κ2) is 7.93. The Morgan fingerprint density at radius 2 is 2.10 bits per heavy atom. The number of hydrogen-bond donors (Lipinski definition) is 2. The highest BCUT2D eigenvalue weighted by Gasteiger charge is 2.11. The van der Waals surface area contributed by atoms with Crippen LogP contribution in [0, 0.1) is 17.8 Å². The third-order valence-corrected chi connectivity index (χ3v) is 3.89. The summed E-state index contributed by atoms with van der Waals surface area (Å²) in [6.45, 7) is 4.01. The molecule has 0 fully saturated rings. The summed E-state index contributed by atoms with van der Waals surface area (Å²) < 4.78 is 26.4. The van der Waals surface area contributed by atoms with E-state index in [0.717, 1.165) is 5.56 Å². The van der Waals surface area contributed by atoms with E-state index in [1.165, 1.54) is 0 Å². The van der Waals surface area contributed by atoms with Crippen LogP contribution in [-0.4, -0.2) is 25.9 Å². The minimum absolute atomic E-state index is 0.0223. The summed E-state index contributed by atoms with van der Waals surface area (Å²) in [6.07, 6.45) is 1.04. The Bertz CT molecular complexity index is 583. The first kappa shape index (κ1) is 16.5. The third-order valence-electron chi connectivity index (χ3n) is 2.57. The average molecular weight is 295 g/mol. The molecule has 0 aliphatic heterocycles. The molecule has 0 aliphatic carbocycles. The minimum Gasteiger partial charge on any atom is -0.395 e. The normalized spacial score (nSPS) is 11.0. The van der Waals surface area contributed by atoms with Crippen LogP contribution in [0.4, 0.5) is 5.69 Å². The van der Waals surface area contributed by atoms with Crippen LogP contribution in [0.25, 0.3) is 0 Å². The number of benzene rings is 1. The summed E-state index contributed by atoms with van der Waals surface area (Å²) in [5, 5.41) is 8.66. The smallest absolute Gasteiger partial charge is 0.232 e. The van der Waals surface area contributed by atoms with Crippen molar-refractivity contribution in [2.24, 2.45) is 5.92 Å². The zero-order valence-corrected chi connectivity index (χ0v) is 12.7. The molecule has 0 spiro atoms. The lowest BCUT2D eigenvalue weighted by molar-refractivity contribution is 0.305. The van der Waals surface area contributed by atoms with E-state index in [0.29, 0.717) is 24.4 Å². The lowest BCUT2D eigenvalue weighted by Crippen LogP contribution is -2.17. The summed E-state index contributed by atoms with van der Waals surface area (Å²) >= 11 is 0. The number of aliphatic hydroxyl groups excluding tert-OH is 1. The second-order valence-corrected chi connectivity index (χ2v) is 6.80. The number of aliphatic hydroxyl groups is 1. The van der Waals surface area contributed by atoms with Crippen molar-refractivity contribution < 1.29 is 13.5 Å². The predicted molar refractivity (Wildman–Crippen MR) is 81.9 cm³/mol. The number of sulfonamides is 1. The van der Waals surface area contributed by atoms with Gasteiger partial charge in [0.25, 0.3) is 0 Å². The van der Waals surface area contributed by atoms with Crippen molar-refractivity contribution in [2.75, 3.05) is 17.1 Å². The first-order valence-corrected chi connectivity index (χ1v) is 8.28. The van der Waals surface area contributed by atoms with Crippen LogP contribution in [0.2, 0.25) is 0 Å². The van der Waals surface area contributed by atoms with E-state index >= 15 is 0 Å². The van der Waals surface area contributed by atoms with E-state index in [2.05, 4.69) is 16.6 Å². The molecule has 0 amide bonds. The first-order valence-electron chi connectivity index (χ1n) is 6.63. The van der Waals surface area contributed by atoms with Crippen LogP contribution >= 0.6 is 0 Å². The van der Waals surface area contributed by atoms with Crippen molar-refractivity contribution in [1.29, 1.82) is 0 Å². The molecule has 0 aromatic heterocycles. The summed E-state index contributed by atoms with van der Waals surface area (Å²) in [4.78, 5) is 0. The minimum atomic E-state index is -3.31. The van der Waals surface area contributed by atoms with Crippen molar-refractivity contribution in [1.82, 2.24) is 0 Å². The van der Waals surface area contributed by atoms with E-state index in [4.69, 9.17) is 5.11 Å². The molecule has 0 saturated carbocycles. The van der Waals surface area contributed by atoms with Gasteiger partial charge in [0.15, 0.2) is 0 Å². The van der Waals surface area contributed by atoms with Gasteiger partial charge in [-0.05, 0) is 30.5 Å². The maximum atomic E-state index is 11.9. The molecule has 5 heteroatoms. The van der Waals surface area contributed by atoms with Gasteiger partial charge in [0.2, 0.25) is 10.0 Å². The zero-order chi connectivity index (χ0) is 15.0. The lowest BCUT2D eigenvalue weighted by atomic mass is 10.2. The fourth-order valence-corrected chi connectivity index (χ4v) is 2.87. The number of nitrogens with one attached hydrogen (secondary N) is 1. The third kappa shape index (κ3) is 6.60. The molecule has 0 radical (unpaired) electrons. The molecule has 4 nitrogen and oxygen atoms in total. The van der Waals surface area contributed by atoms with Crippen molar-refractivity contribution in [2.45, 2.75) is 26.7 Å². The molecule has 110 valence electrons. The highest BCUT2D eigenvalue weighted by atomic mass is 32.2. The van der Waals surface area contributed by atoms with Crippen LogP contribution in [-0.2, 0) is 10.0 Å². The van der Waals surface area contributed by atoms with Gasteiger partial charge in [-0.15, -0.1) is 0 Å². The maximum Gasteiger partial charge on any atom is 0.232 e. The molecular formula is C15H21NO3S. The predicted octanol–water partition coefficient (Wildman–Crippen LogP) is 2.21. The summed E-state index contributed by atoms with van der Waals surface area (Å²) in [7, 11) is -3.31. The molecule has 1 aromatic rings. The molecule has 0 bridgehead atoms. The Morgan fingerprint density at radius 1 is 1.35 bits per heavy atom. The second-order valence-electron chi connectivity index (χ2n) is 4.96. The van der Waals surface area contributed by atoms with E-state index in [1.54, 1.807) is 24.3 Å². The molecular weight excluding hydrogens is 274 g/mol. The van der Waals surface area contributed by atoms with Crippen LogP contribution in [0.3, 0.4) is 0 Å². The Balaban J connectivity index is 2.73. The standard InChI is InChI=1S/C15H21NO3S/c1-13(2)9-11-20(18,19)16-15-8-5-7-14(12-15)6-3-4-10-17/h5,7-8,12-13,16-17H,4,9-11H2,1-2H3. The Kier molecular flexibility index (Phi) is 6.56. The van der Waals surface area contributed by atoms with E-state index in [9.17, 15) is 8.42 Å². The number of hydrogen-bond acceptors (Lipinski definition) is 3. The Labute approximate surface area is 121 Å². The van der Waals surface area contributed by atoms with Gasteiger partial charge in [0, 0.05) is 17.7 Å². The van der Waals surface area contributed by atoms with Gasteiger partial charge in [0.1, 0.15) is 0 Å². The quantitative estimate of drug-likeness (QED) is 0.791. The van der Waals surface area contributed by atoms with Crippen LogP contribution in [0.1, 0.15) is 32.3 Å². The van der Waals surface area contributed by atoms with Gasteiger partial charge in [-0.2, -0.15) is 0 Å². The molecule has 1 aromatic carbocycles. The highest BCUT2D eigenvalue weighted by molar-refractivity contribution is 7.92. The van der Waals surface area contributed by atoms with Crippen molar-refractivity contribution >= 4 is 15.7 Å². The lowest BCUT2D eigenvalue weighted by Gasteiger charge is -2.09. The number of rotatable bonds is 6. The van der Waals surface area contributed by atoms with Crippen molar-refractivity contribution in [3.63, 3.8) is 0 Å². The van der Waals surface area contributed by atoms with Gasteiger partial charge in [-0.1, -0.05) is 31.8 Å². The van der Waals surface area contributed by atoms with Crippen molar-refractivity contribution in [3.8, 4) is 11.8 Å². The zero-order valence-electron chi connectivity index (χ0n) is 11.9. The van der Waals surface area contributed by atoms with Crippen LogP contribution in [0.15, 0.2) is 24.3 Å². The van der Waals surface area contributed by atoms with Crippen LogP contribution in [0.5, 0.6) is 0 Å². The van der Waals surface area contributed by atoms with Crippen molar-refractivity contribution in [3.05, 3.63) is 29.8 Å². The first-order chi connectivity index (χ1) is 9.43. The SMILES string of the molecule is CC(C)CCS(=O)(=O)Nc1cccc(C#CCCO)c1. The van der Waals surface area contributed by atoms with Crippen LogP contribution < -0.4 is 4.72 Å². The van der Waals surface area contributed by atoms with E-state index in [-0.39, 0.29) is 12.4 Å².